The van der Waals surface area contributed by atoms with Crippen molar-refractivity contribution in [2.24, 2.45) is 0 Å². The van der Waals surface area contributed by atoms with Crippen molar-refractivity contribution in [2.75, 3.05) is 12.0 Å². The van der Waals surface area contributed by atoms with E-state index < -0.39 is 0 Å². The van der Waals surface area contributed by atoms with E-state index in [-0.39, 0.29) is 0 Å². The van der Waals surface area contributed by atoms with Crippen LogP contribution in [0.15, 0.2) is 54.6 Å². The van der Waals surface area contributed by atoms with Gasteiger partial charge in [0, 0.05) is 28.7 Å². The molecule has 0 saturated heterocycles. The summed E-state index contributed by atoms with van der Waals surface area (Å²) in [4.78, 5) is 7.35. The zero-order valence-corrected chi connectivity index (χ0v) is 15.7. The van der Waals surface area contributed by atoms with E-state index in [0.29, 0.717) is 12.1 Å². The predicted molar refractivity (Wildman–Crippen MR) is 106 cm³/mol. The number of hydrogen-bond donors (Lipinski definition) is 0. The van der Waals surface area contributed by atoms with Crippen LogP contribution in [-0.4, -0.2) is 24.2 Å². The maximum absolute atomic E-state index is 5.27. The van der Waals surface area contributed by atoms with Crippen LogP contribution in [0.4, 0.5) is 5.69 Å². The molecular formula is C22H26N2O. The summed E-state index contributed by atoms with van der Waals surface area (Å²) in [5, 5.41) is 1.20. The molecule has 0 fully saturated rings. The molecule has 0 spiro atoms. The van der Waals surface area contributed by atoms with Gasteiger partial charge in [0.05, 0.1) is 18.3 Å². The monoisotopic (exact) mass is 334 g/mol. The van der Waals surface area contributed by atoms with Crippen molar-refractivity contribution in [3.8, 4) is 17.0 Å². The van der Waals surface area contributed by atoms with E-state index in [1.54, 1.807) is 7.11 Å². The summed E-state index contributed by atoms with van der Waals surface area (Å²) in [7, 11) is 1.69. The molecule has 0 atom stereocenters. The summed E-state index contributed by atoms with van der Waals surface area (Å²) in [5.41, 5.74) is 4.35. The molecule has 0 aliphatic carbocycles. The van der Waals surface area contributed by atoms with Gasteiger partial charge in [-0.25, -0.2) is 4.98 Å². The highest BCUT2D eigenvalue weighted by Crippen LogP contribution is 2.33. The van der Waals surface area contributed by atoms with Gasteiger partial charge in [0.1, 0.15) is 5.75 Å². The molecule has 2 aromatic carbocycles. The van der Waals surface area contributed by atoms with Crippen LogP contribution < -0.4 is 9.64 Å². The highest BCUT2D eigenvalue weighted by molar-refractivity contribution is 5.94. The first-order chi connectivity index (χ1) is 12.0. The Balaban J connectivity index is 2.20. The molecule has 25 heavy (non-hydrogen) atoms. The number of anilines is 1. The van der Waals surface area contributed by atoms with Gasteiger partial charge in [-0.1, -0.05) is 18.2 Å². The van der Waals surface area contributed by atoms with Crippen LogP contribution in [0.5, 0.6) is 5.75 Å². The normalized spacial score (nSPS) is 11.3. The summed E-state index contributed by atoms with van der Waals surface area (Å²) in [6.45, 7) is 8.95. The van der Waals surface area contributed by atoms with Crippen LogP contribution in [-0.2, 0) is 0 Å². The topological polar surface area (TPSA) is 25.4 Å². The van der Waals surface area contributed by atoms with Crippen molar-refractivity contribution < 1.29 is 4.74 Å². The van der Waals surface area contributed by atoms with Crippen LogP contribution in [0, 0.1) is 0 Å². The average molecular weight is 334 g/mol. The Morgan fingerprint density at radius 2 is 1.52 bits per heavy atom. The second kappa shape index (κ2) is 7.14. The Kier molecular flexibility index (Phi) is 4.93. The Hall–Kier alpha value is -2.55. The molecule has 0 bridgehead atoms. The molecule has 0 N–H and O–H groups in total. The van der Waals surface area contributed by atoms with Crippen molar-refractivity contribution in [1.82, 2.24) is 4.98 Å². The van der Waals surface area contributed by atoms with Gasteiger partial charge in [0.2, 0.25) is 0 Å². The average Bonchev–Trinajstić information content (AvgIpc) is 2.61. The summed E-state index contributed by atoms with van der Waals surface area (Å²) in [5.74, 6) is 0.857. The summed E-state index contributed by atoms with van der Waals surface area (Å²) in [6, 6.07) is 19.5. The van der Waals surface area contributed by atoms with E-state index in [1.807, 2.05) is 18.2 Å². The molecule has 3 aromatic rings. The first-order valence-electron chi connectivity index (χ1n) is 8.84. The standard InChI is InChI=1S/C22H26N2O/c1-15(2)24(16(3)4)22-14-21(17-10-12-18(25-5)13-11-17)23-20-9-7-6-8-19(20)22/h6-16H,1-5H3. The Morgan fingerprint density at radius 1 is 0.880 bits per heavy atom. The number of para-hydroxylation sites is 1. The molecule has 0 aliphatic rings. The number of hydrogen-bond acceptors (Lipinski definition) is 3. The molecule has 1 heterocycles. The number of methoxy groups -OCH3 is 1. The minimum Gasteiger partial charge on any atom is -0.497 e. The minimum absolute atomic E-state index is 0.412. The molecule has 3 heteroatoms. The molecule has 1 aromatic heterocycles. The van der Waals surface area contributed by atoms with E-state index in [1.165, 1.54) is 11.1 Å². The second-order valence-corrected chi connectivity index (χ2v) is 6.87. The van der Waals surface area contributed by atoms with Crippen LogP contribution in [0.25, 0.3) is 22.2 Å². The predicted octanol–water partition coefficient (Wildman–Crippen LogP) is 5.53. The number of fused-ring (bicyclic) bond motifs is 1. The van der Waals surface area contributed by atoms with Gasteiger partial charge in [-0.15, -0.1) is 0 Å². The second-order valence-electron chi connectivity index (χ2n) is 6.87. The molecule has 0 amide bonds. The lowest BCUT2D eigenvalue weighted by atomic mass is 10.0. The highest BCUT2D eigenvalue weighted by Gasteiger charge is 2.18. The first-order valence-corrected chi connectivity index (χ1v) is 8.84. The summed E-state index contributed by atoms with van der Waals surface area (Å²) in [6.07, 6.45) is 0. The van der Waals surface area contributed by atoms with Crippen molar-refractivity contribution in [1.29, 1.82) is 0 Å². The van der Waals surface area contributed by atoms with E-state index >= 15 is 0 Å². The number of benzene rings is 2. The third-order valence-electron chi connectivity index (χ3n) is 4.47. The first kappa shape index (κ1) is 17.3. The number of nitrogens with zero attached hydrogens (tertiary/aromatic N) is 2. The van der Waals surface area contributed by atoms with E-state index in [0.717, 1.165) is 22.5 Å². The molecule has 3 rings (SSSR count). The Morgan fingerprint density at radius 3 is 2.12 bits per heavy atom. The van der Waals surface area contributed by atoms with Crippen molar-refractivity contribution in [3.63, 3.8) is 0 Å². The third-order valence-corrected chi connectivity index (χ3v) is 4.47. The number of rotatable bonds is 5. The molecule has 0 aliphatic heterocycles. The van der Waals surface area contributed by atoms with E-state index in [9.17, 15) is 0 Å². The van der Waals surface area contributed by atoms with Gasteiger partial charge in [0.25, 0.3) is 0 Å². The van der Waals surface area contributed by atoms with E-state index in [2.05, 4.69) is 69.0 Å². The maximum Gasteiger partial charge on any atom is 0.118 e. The fourth-order valence-corrected chi connectivity index (χ4v) is 3.43. The Bertz CT molecular complexity index is 846. The van der Waals surface area contributed by atoms with Gasteiger partial charge >= 0.3 is 0 Å². The van der Waals surface area contributed by atoms with Crippen LogP contribution in [0.1, 0.15) is 27.7 Å². The van der Waals surface area contributed by atoms with Gasteiger partial charge < -0.3 is 9.64 Å². The molecule has 0 unspecified atom stereocenters. The van der Waals surface area contributed by atoms with Gasteiger partial charge in [-0.3, -0.25) is 0 Å². The fraction of sp³-hybridized carbons (Fsp3) is 0.318. The minimum atomic E-state index is 0.412. The number of pyridine rings is 1. The zero-order chi connectivity index (χ0) is 18.0. The lowest BCUT2D eigenvalue weighted by Gasteiger charge is -2.34. The maximum atomic E-state index is 5.27. The number of ether oxygens (including phenoxy) is 1. The Labute approximate surface area is 150 Å². The van der Waals surface area contributed by atoms with E-state index in [4.69, 9.17) is 9.72 Å². The smallest absolute Gasteiger partial charge is 0.118 e. The van der Waals surface area contributed by atoms with Crippen LogP contribution in [0.3, 0.4) is 0 Å². The lowest BCUT2D eigenvalue weighted by molar-refractivity contribution is 0.415. The molecular weight excluding hydrogens is 308 g/mol. The largest absolute Gasteiger partial charge is 0.497 e. The molecule has 0 saturated carbocycles. The zero-order valence-electron chi connectivity index (χ0n) is 15.7. The van der Waals surface area contributed by atoms with Gasteiger partial charge in [-0.05, 0) is 64.1 Å². The highest BCUT2D eigenvalue weighted by atomic mass is 16.5. The summed E-state index contributed by atoms with van der Waals surface area (Å²) < 4.78 is 5.27. The van der Waals surface area contributed by atoms with Crippen molar-refractivity contribution in [3.05, 3.63) is 54.6 Å². The van der Waals surface area contributed by atoms with Gasteiger partial charge in [0.15, 0.2) is 0 Å². The summed E-state index contributed by atoms with van der Waals surface area (Å²) >= 11 is 0. The van der Waals surface area contributed by atoms with Crippen molar-refractivity contribution in [2.45, 2.75) is 39.8 Å². The molecule has 130 valence electrons. The number of aromatic nitrogens is 1. The van der Waals surface area contributed by atoms with Crippen LogP contribution in [0.2, 0.25) is 0 Å². The fourth-order valence-electron chi connectivity index (χ4n) is 3.43. The SMILES string of the molecule is COc1ccc(-c2cc(N(C(C)C)C(C)C)c3ccccc3n2)cc1. The lowest BCUT2D eigenvalue weighted by Crippen LogP contribution is -2.37. The third kappa shape index (κ3) is 3.46. The van der Waals surface area contributed by atoms with Crippen molar-refractivity contribution >= 4 is 16.6 Å². The molecule has 3 nitrogen and oxygen atoms in total. The van der Waals surface area contributed by atoms with Gasteiger partial charge in [-0.2, -0.15) is 0 Å². The quantitative estimate of drug-likeness (QED) is 0.613. The molecule has 0 radical (unpaired) electrons. The van der Waals surface area contributed by atoms with Crippen LogP contribution >= 0.6 is 0 Å².